The zero-order chi connectivity index (χ0) is 15.8. The van der Waals surface area contributed by atoms with Gasteiger partial charge in [-0.05, 0) is 18.4 Å². The molecule has 2 atom stereocenters. The molecule has 1 fully saturated rings. The average Bonchev–Trinajstić information content (AvgIpc) is 3.17. The first-order valence-corrected chi connectivity index (χ1v) is 7.99. The lowest BCUT2D eigenvalue weighted by molar-refractivity contribution is -0.127. The number of rotatable bonds is 3. The Morgan fingerprint density at radius 2 is 2.04 bits per heavy atom. The molecular formula is C17H19N3O3. The van der Waals surface area contributed by atoms with E-state index in [0.717, 1.165) is 25.0 Å². The fourth-order valence-corrected chi connectivity index (χ4v) is 3.51. The molecule has 0 spiro atoms. The Bertz CT molecular complexity index is 665. The minimum atomic E-state index is -0.387. The largest absolute Gasteiger partial charge is 0.376 e. The lowest BCUT2D eigenvalue weighted by Crippen LogP contribution is -2.44. The molecule has 0 aromatic heterocycles. The molecule has 0 radical (unpaired) electrons. The number of hydrogen-bond donors (Lipinski definition) is 2. The number of amides is 3. The van der Waals surface area contributed by atoms with Gasteiger partial charge in [-0.3, -0.25) is 4.79 Å². The monoisotopic (exact) mass is 313 g/mol. The summed E-state index contributed by atoms with van der Waals surface area (Å²) < 4.78 is 5.63. The lowest BCUT2D eigenvalue weighted by Gasteiger charge is -2.25. The van der Waals surface area contributed by atoms with E-state index in [-0.39, 0.29) is 24.1 Å². The summed E-state index contributed by atoms with van der Waals surface area (Å²) in [6, 6.07) is 8.95. The molecule has 120 valence electrons. The number of carbonyl (C=O) groups is 2. The zero-order valence-corrected chi connectivity index (χ0v) is 12.7. The zero-order valence-electron chi connectivity index (χ0n) is 12.7. The number of nitrogens with zero attached hydrogens (tertiary/aromatic N) is 1. The highest BCUT2D eigenvalue weighted by Crippen LogP contribution is 2.32. The van der Waals surface area contributed by atoms with Crippen molar-refractivity contribution in [3.05, 3.63) is 47.2 Å². The van der Waals surface area contributed by atoms with Gasteiger partial charge in [0, 0.05) is 13.2 Å². The van der Waals surface area contributed by atoms with Crippen LogP contribution in [0.1, 0.15) is 24.4 Å². The Morgan fingerprint density at radius 3 is 2.78 bits per heavy atom. The van der Waals surface area contributed by atoms with Crippen LogP contribution < -0.4 is 10.6 Å². The predicted octanol–water partition coefficient (Wildman–Crippen LogP) is 1.32. The Kier molecular flexibility index (Phi) is 3.53. The number of hydrogen-bond acceptors (Lipinski definition) is 3. The van der Waals surface area contributed by atoms with E-state index in [4.69, 9.17) is 4.74 Å². The van der Waals surface area contributed by atoms with Crippen molar-refractivity contribution in [1.29, 1.82) is 0 Å². The van der Waals surface area contributed by atoms with E-state index < -0.39 is 0 Å². The van der Waals surface area contributed by atoms with Crippen molar-refractivity contribution >= 4 is 11.9 Å². The van der Waals surface area contributed by atoms with Crippen molar-refractivity contribution in [2.24, 2.45) is 0 Å². The summed E-state index contributed by atoms with van der Waals surface area (Å²) in [5, 5.41) is 5.65. The maximum absolute atomic E-state index is 12.8. The van der Waals surface area contributed by atoms with Crippen LogP contribution in [-0.4, -0.2) is 42.6 Å². The van der Waals surface area contributed by atoms with Crippen molar-refractivity contribution in [3.8, 4) is 0 Å². The quantitative estimate of drug-likeness (QED) is 0.884. The van der Waals surface area contributed by atoms with Gasteiger partial charge in [0.1, 0.15) is 0 Å². The summed E-state index contributed by atoms with van der Waals surface area (Å²) in [5.41, 5.74) is 2.28. The van der Waals surface area contributed by atoms with Gasteiger partial charge in [-0.25, -0.2) is 4.79 Å². The molecule has 1 aromatic carbocycles. The molecule has 6 nitrogen and oxygen atoms in total. The van der Waals surface area contributed by atoms with E-state index in [2.05, 4.69) is 10.6 Å². The van der Waals surface area contributed by atoms with E-state index in [1.807, 2.05) is 30.3 Å². The van der Waals surface area contributed by atoms with Crippen LogP contribution >= 0.6 is 0 Å². The van der Waals surface area contributed by atoms with Gasteiger partial charge in [0.05, 0.1) is 30.0 Å². The van der Waals surface area contributed by atoms with Crippen LogP contribution in [0.25, 0.3) is 0 Å². The van der Waals surface area contributed by atoms with Gasteiger partial charge in [0.2, 0.25) is 0 Å². The van der Waals surface area contributed by atoms with Crippen LogP contribution in [0.4, 0.5) is 4.79 Å². The fraction of sp³-hybridized carbons (Fsp3) is 0.412. The molecule has 3 aliphatic rings. The molecule has 0 saturated carbocycles. The van der Waals surface area contributed by atoms with Crippen LogP contribution in [0.3, 0.4) is 0 Å². The molecule has 4 rings (SSSR count). The number of nitrogens with one attached hydrogen (secondary N) is 2. The Balaban J connectivity index is 1.59. The third-order valence-electron chi connectivity index (χ3n) is 4.60. The number of carbonyl (C=O) groups excluding carboxylic acids is 2. The van der Waals surface area contributed by atoms with Crippen LogP contribution in [-0.2, 0) is 9.53 Å². The summed E-state index contributed by atoms with van der Waals surface area (Å²) in [6.07, 6.45) is 2.14. The molecule has 1 saturated heterocycles. The molecule has 3 amide bonds. The predicted molar refractivity (Wildman–Crippen MR) is 83.4 cm³/mol. The summed E-state index contributed by atoms with van der Waals surface area (Å²) >= 11 is 0. The highest BCUT2D eigenvalue weighted by atomic mass is 16.5. The van der Waals surface area contributed by atoms with Gasteiger partial charge in [-0.15, -0.1) is 0 Å². The van der Waals surface area contributed by atoms with Crippen LogP contribution in [0, 0.1) is 0 Å². The topological polar surface area (TPSA) is 70.7 Å². The van der Waals surface area contributed by atoms with Gasteiger partial charge in [-0.1, -0.05) is 30.3 Å². The highest BCUT2D eigenvalue weighted by Gasteiger charge is 2.41. The van der Waals surface area contributed by atoms with E-state index >= 15 is 0 Å². The van der Waals surface area contributed by atoms with Gasteiger partial charge in [0.25, 0.3) is 5.91 Å². The maximum Gasteiger partial charge on any atom is 0.319 e. The molecule has 0 aliphatic carbocycles. The fourth-order valence-electron chi connectivity index (χ4n) is 3.51. The molecule has 23 heavy (non-hydrogen) atoms. The second-order valence-electron chi connectivity index (χ2n) is 6.16. The van der Waals surface area contributed by atoms with Crippen LogP contribution in [0.15, 0.2) is 41.6 Å². The smallest absolute Gasteiger partial charge is 0.319 e. The van der Waals surface area contributed by atoms with Crippen LogP contribution in [0.5, 0.6) is 0 Å². The van der Waals surface area contributed by atoms with E-state index in [9.17, 15) is 9.59 Å². The molecule has 0 bridgehead atoms. The number of ether oxygens (including phenoxy) is 1. The minimum Gasteiger partial charge on any atom is -0.376 e. The lowest BCUT2D eigenvalue weighted by atomic mass is 9.96. The van der Waals surface area contributed by atoms with Crippen molar-refractivity contribution in [2.75, 3.05) is 19.7 Å². The summed E-state index contributed by atoms with van der Waals surface area (Å²) in [6.45, 7) is 1.80. The van der Waals surface area contributed by atoms with Gasteiger partial charge in [0.15, 0.2) is 0 Å². The number of urea groups is 1. The standard InChI is InChI=1S/C17H19N3O3/c21-16-14-13(10-20(16)9-12-7-4-8-23-12)18-17(22)19-15(14)11-5-2-1-3-6-11/h1-3,5-6,12,15H,4,7-10H2,(H2,18,19,22)/t12-,15-/m0/s1. The van der Waals surface area contributed by atoms with E-state index in [1.54, 1.807) is 4.90 Å². The first-order chi connectivity index (χ1) is 11.2. The van der Waals surface area contributed by atoms with E-state index in [1.165, 1.54) is 0 Å². The Hall–Kier alpha value is -2.34. The Labute approximate surface area is 134 Å². The summed E-state index contributed by atoms with van der Waals surface area (Å²) in [5.74, 6) is -0.0168. The molecule has 6 heteroatoms. The summed E-state index contributed by atoms with van der Waals surface area (Å²) in [4.78, 5) is 26.6. The third-order valence-corrected chi connectivity index (χ3v) is 4.60. The van der Waals surface area contributed by atoms with E-state index in [0.29, 0.717) is 24.4 Å². The number of benzene rings is 1. The SMILES string of the molecule is O=C1NC2=C(C(=O)N(C[C@@H]3CCCO3)C2)[C@H](c2ccccc2)N1. The normalized spacial score (nSPS) is 27.0. The van der Waals surface area contributed by atoms with Crippen molar-refractivity contribution < 1.29 is 14.3 Å². The molecule has 3 heterocycles. The summed E-state index contributed by atoms with van der Waals surface area (Å²) in [7, 11) is 0. The molecule has 2 N–H and O–H groups in total. The molecule has 1 aromatic rings. The second kappa shape index (κ2) is 5.70. The van der Waals surface area contributed by atoms with Gasteiger partial charge >= 0.3 is 6.03 Å². The van der Waals surface area contributed by atoms with Crippen molar-refractivity contribution in [2.45, 2.75) is 25.0 Å². The van der Waals surface area contributed by atoms with Crippen LogP contribution in [0.2, 0.25) is 0 Å². The van der Waals surface area contributed by atoms with Gasteiger partial charge in [-0.2, -0.15) is 0 Å². The van der Waals surface area contributed by atoms with Crippen molar-refractivity contribution in [3.63, 3.8) is 0 Å². The highest BCUT2D eigenvalue weighted by molar-refractivity contribution is 6.01. The minimum absolute atomic E-state index is 0.0168. The second-order valence-corrected chi connectivity index (χ2v) is 6.16. The van der Waals surface area contributed by atoms with Gasteiger partial charge < -0.3 is 20.3 Å². The molecular weight excluding hydrogens is 294 g/mol. The first-order valence-electron chi connectivity index (χ1n) is 7.99. The Morgan fingerprint density at radius 1 is 1.22 bits per heavy atom. The average molecular weight is 313 g/mol. The first kappa shape index (κ1) is 14.3. The molecule has 0 unspecified atom stereocenters. The van der Waals surface area contributed by atoms with Crippen molar-refractivity contribution in [1.82, 2.24) is 15.5 Å². The maximum atomic E-state index is 12.8. The molecule has 3 aliphatic heterocycles. The third kappa shape index (κ3) is 2.59.